The van der Waals surface area contributed by atoms with Crippen LogP contribution in [0.25, 0.3) is 0 Å². The van der Waals surface area contributed by atoms with Crippen LogP contribution in [0.5, 0.6) is 0 Å². The highest BCUT2D eigenvalue weighted by Crippen LogP contribution is 2.49. The van der Waals surface area contributed by atoms with Gasteiger partial charge >= 0.3 is 0 Å². The summed E-state index contributed by atoms with van der Waals surface area (Å²) in [5.41, 5.74) is 0. The molecule has 1 heterocycles. The molecule has 2 fully saturated rings. The predicted octanol–water partition coefficient (Wildman–Crippen LogP) is 1.46. The fourth-order valence-electron chi connectivity index (χ4n) is 1.81. The Morgan fingerprint density at radius 1 is 1.43 bits per heavy atom. The van der Waals surface area contributed by atoms with Gasteiger partial charge in [0.05, 0.1) is 6.54 Å². The average molecular weight is 207 g/mol. The van der Waals surface area contributed by atoms with Gasteiger partial charge in [-0.3, -0.25) is 4.79 Å². The largest absolute Gasteiger partial charge is 0.339 e. The molecule has 0 aromatic heterocycles. The second-order valence-corrected chi connectivity index (χ2v) is 4.25. The van der Waals surface area contributed by atoms with Gasteiger partial charge in [0.25, 0.3) is 5.92 Å². The monoisotopic (exact) mass is 207 g/mol. The van der Waals surface area contributed by atoms with Crippen molar-refractivity contribution in [3.05, 3.63) is 0 Å². The molecule has 0 bridgehead atoms. The van der Waals surface area contributed by atoms with Gasteiger partial charge in [0, 0.05) is 18.9 Å². The first-order valence-corrected chi connectivity index (χ1v) is 4.72. The number of rotatable bonds is 1. The minimum Gasteiger partial charge on any atom is -0.339 e. The lowest BCUT2D eigenvalue weighted by atomic mass is 10.1. The van der Waals surface area contributed by atoms with Crippen LogP contribution in [0.15, 0.2) is 0 Å². The fourth-order valence-corrected chi connectivity index (χ4v) is 1.81. The number of likely N-dealkylation sites (tertiary alicyclic amines) is 1. The summed E-state index contributed by atoms with van der Waals surface area (Å²) in [6.45, 7) is 1.93. The Balaban J connectivity index is 1.95. The van der Waals surface area contributed by atoms with E-state index in [0.29, 0.717) is 0 Å². The molecule has 2 rings (SSSR count). The Morgan fingerprint density at radius 2 is 2.00 bits per heavy atom. The summed E-state index contributed by atoms with van der Waals surface area (Å²) in [6, 6.07) is 0. The van der Waals surface area contributed by atoms with Crippen LogP contribution in [0.3, 0.4) is 0 Å². The number of hydrogen-bond acceptors (Lipinski definition) is 1. The standard InChI is InChI=1S/C9H12F3NO/c1-5-3-13(4-7(5)10)8(14)6-2-9(6,11)12/h5-7H,2-4H2,1H3/t5?,6-,7?/m0/s1. The van der Waals surface area contributed by atoms with Crippen molar-refractivity contribution in [1.82, 2.24) is 4.90 Å². The van der Waals surface area contributed by atoms with E-state index in [0.717, 1.165) is 0 Å². The maximum Gasteiger partial charge on any atom is 0.260 e. The molecule has 1 aliphatic carbocycles. The first-order chi connectivity index (χ1) is 6.42. The van der Waals surface area contributed by atoms with Crippen molar-refractivity contribution in [2.45, 2.75) is 25.4 Å². The van der Waals surface area contributed by atoms with Crippen LogP contribution in [-0.4, -0.2) is 36.0 Å². The Bertz CT molecular complexity index is 259. The van der Waals surface area contributed by atoms with Gasteiger partial charge in [-0.1, -0.05) is 6.92 Å². The molecule has 0 spiro atoms. The third-order valence-corrected chi connectivity index (χ3v) is 2.96. The lowest BCUT2D eigenvalue weighted by Gasteiger charge is -2.14. The van der Waals surface area contributed by atoms with E-state index in [4.69, 9.17) is 0 Å². The summed E-state index contributed by atoms with van der Waals surface area (Å²) >= 11 is 0. The second-order valence-electron chi connectivity index (χ2n) is 4.25. The maximum absolute atomic E-state index is 13.0. The third kappa shape index (κ3) is 1.48. The number of alkyl halides is 3. The molecule has 14 heavy (non-hydrogen) atoms. The van der Waals surface area contributed by atoms with Gasteiger partial charge in [0.1, 0.15) is 12.1 Å². The minimum absolute atomic E-state index is 0.0212. The number of carbonyl (C=O) groups is 1. The van der Waals surface area contributed by atoms with Crippen LogP contribution in [0.2, 0.25) is 0 Å². The lowest BCUT2D eigenvalue weighted by Crippen LogP contribution is -2.32. The highest BCUT2D eigenvalue weighted by Gasteiger charge is 2.62. The number of carbonyl (C=O) groups excluding carboxylic acids is 1. The molecule has 1 amide bonds. The molecule has 5 heteroatoms. The molecule has 80 valence electrons. The Labute approximate surface area is 80.1 Å². The van der Waals surface area contributed by atoms with E-state index in [-0.39, 0.29) is 25.4 Å². The van der Waals surface area contributed by atoms with Gasteiger partial charge in [0.2, 0.25) is 5.91 Å². The van der Waals surface area contributed by atoms with Gasteiger partial charge in [-0.15, -0.1) is 0 Å². The van der Waals surface area contributed by atoms with Gasteiger partial charge in [-0.25, -0.2) is 13.2 Å². The van der Waals surface area contributed by atoms with Gasteiger partial charge in [-0.05, 0) is 0 Å². The molecular weight excluding hydrogens is 195 g/mol. The number of amides is 1. The zero-order valence-electron chi connectivity index (χ0n) is 7.84. The first-order valence-electron chi connectivity index (χ1n) is 4.72. The highest BCUT2D eigenvalue weighted by molar-refractivity contribution is 5.83. The van der Waals surface area contributed by atoms with E-state index >= 15 is 0 Å². The van der Waals surface area contributed by atoms with Crippen molar-refractivity contribution in [1.29, 1.82) is 0 Å². The topological polar surface area (TPSA) is 20.3 Å². The quantitative estimate of drug-likeness (QED) is 0.637. The number of nitrogens with zero attached hydrogens (tertiary/aromatic N) is 1. The molecule has 1 aliphatic heterocycles. The van der Waals surface area contributed by atoms with Crippen LogP contribution in [-0.2, 0) is 4.79 Å². The van der Waals surface area contributed by atoms with E-state index in [2.05, 4.69) is 0 Å². The van der Waals surface area contributed by atoms with Crippen LogP contribution < -0.4 is 0 Å². The molecule has 0 aromatic carbocycles. The minimum atomic E-state index is -2.84. The van der Waals surface area contributed by atoms with Crippen molar-refractivity contribution < 1.29 is 18.0 Å². The van der Waals surface area contributed by atoms with Crippen molar-refractivity contribution in [3.8, 4) is 0 Å². The summed E-state index contributed by atoms with van der Waals surface area (Å²) in [5, 5.41) is 0. The molecule has 0 aromatic rings. The molecule has 1 saturated heterocycles. The van der Waals surface area contributed by atoms with Gasteiger partial charge in [-0.2, -0.15) is 0 Å². The van der Waals surface area contributed by atoms with Crippen molar-refractivity contribution >= 4 is 5.91 Å². The van der Waals surface area contributed by atoms with E-state index in [1.807, 2.05) is 0 Å². The molecular formula is C9H12F3NO. The van der Waals surface area contributed by atoms with Gasteiger partial charge in [0.15, 0.2) is 0 Å². The molecule has 0 N–H and O–H groups in total. The van der Waals surface area contributed by atoms with E-state index in [9.17, 15) is 18.0 Å². The molecule has 2 aliphatic rings. The molecule has 2 unspecified atom stereocenters. The normalized spacial score (nSPS) is 40.0. The number of halogens is 3. The second kappa shape index (κ2) is 2.87. The summed E-state index contributed by atoms with van der Waals surface area (Å²) in [4.78, 5) is 12.6. The van der Waals surface area contributed by atoms with Crippen LogP contribution in [0.4, 0.5) is 13.2 Å². The molecule has 0 radical (unpaired) electrons. The van der Waals surface area contributed by atoms with Crippen molar-refractivity contribution in [3.63, 3.8) is 0 Å². The average Bonchev–Trinajstić information content (AvgIpc) is 2.59. The van der Waals surface area contributed by atoms with E-state index < -0.39 is 23.9 Å². The zero-order valence-corrected chi connectivity index (χ0v) is 7.84. The van der Waals surface area contributed by atoms with Crippen molar-refractivity contribution in [2.24, 2.45) is 11.8 Å². The predicted molar refractivity (Wildman–Crippen MR) is 43.7 cm³/mol. The van der Waals surface area contributed by atoms with Crippen LogP contribution >= 0.6 is 0 Å². The number of hydrogen-bond donors (Lipinski definition) is 0. The van der Waals surface area contributed by atoms with E-state index in [1.54, 1.807) is 6.92 Å². The summed E-state index contributed by atoms with van der Waals surface area (Å²) < 4.78 is 38.1. The molecule has 1 saturated carbocycles. The molecule has 3 atom stereocenters. The summed E-state index contributed by atoms with van der Waals surface area (Å²) in [5.74, 6) is -4.83. The van der Waals surface area contributed by atoms with Gasteiger partial charge < -0.3 is 4.90 Å². The first kappa shape index (κ1) is 9.80. The summed E-state index contributed by atoms with van der Waals surface area (Å²) in [6.07, 6.45) is -1.43. The molecule has 2 nitrogen and oxygen atoms in total. The Morgan fingerprint density at radius 3 is 2.36 bits per heavy atom. The van der Waals surface area contributed by atoms with E-state index in [1.165, 1.54) is 4.90 Å². The summed E-state index contributed by atoms with van der Waals surface area (Å²) in [7, 11) is 0. The highest BCUT2D eigenvalue weighted by atomic mass is 19.3. The SMILES string of the molecule is CC1CN(C(=O)[C@@H]2CC2(F)F)CC1F. The zero-order chi connectivity index (χ0) is 10.5. The van der Waals surface area contributed by atoms with Crippen LogP contribution in [0, 0.1) is 11.8 Å². The Kier molecular flexibility index (Phi) is 2.01. The van der Waals surface area contributed by atoms with Crippen molar-refractivity contribution in [2.75, 3.05) is 13.1 Å². The maximum atomic E-state index is 13.0. The lowest BCUT2D eigenvalue weighted by molar-refractivity contribution is -0.134. The third-order valence-electron chi connectivity index (χ3n) is 2.96. The Hall–Kier alpha value is -0.740. The smallest absolute Gasteiger partial charge is 0.260 e. The van der Waals surface area contributed by atoms with Crippen LogP contribution in [0.1, 0.15) is 13.3 Å². The fraction of sp³-hybridized carbons (Fsp3) is 0.889.